The molecule has 0 unspecified atom stereocenters. The van der Waals surface area contributed by atoms with Crippen molar-refractivity contribution in [3.63, 3.8) is 0 Å². The highest BCUT2D eigenvalue weighted by molar-refractivity contribution is 5.66. The van der Waals surface area contributed by atoms with Crippen molar-refractivity contribution in [3.8, 4) is 0 Å². The summed E-state index contributed by atoms with van der Waals surface area (Å²) < 4.78 is 5.61. The first kappa shape index (κ1) is 24.6. The first-order valence-electron chi connectivity index (χ1n) is 13.9. The number of hydrogen-bond donors (Lipinski definition) is 1. The van der Waals surface area contributed by atoms with Gasteiger partial charge in [0.25, 0.3) is 0 Å². The molecule has 0 aromatic rings. The molecular weight excluding hydrogens is 396 g/mol. The summed E-state index contributed by atoms with van der Waals surface area (Å²) in [4.78, 5) is 11.5. The summed E-state index contributed by atoms with van der Waals surface area (Å²) in [5.41, 5.74) is 0.723. The monoisotopic (exact) mass is 446 g/mol. The Morgan fingerprint density at radius 2 is 1.66 bits per heavy atom. The fourth-order valence-electron chi connectivity index (χ4n) is 9.55. The van der Waals surface area contributed by atoms with Crippen molar-refractivity contribution in [1.29, 1.82) is 0 Å². The van der Waals surface area contributed by atoms with Crippen LogP contribution < -0.4 is 0 Å². The lowest BCUT2D eigenvalue weighted by Gasteiger charge is -2.62. The molecule has 10 atom stereocenters. The van der Waals surface area contributed by atoms with Crippen LogP contribution in [0.4, 0.5) is 0 Å². The van der Waals surface area contributed by atoms with Crippen LogP contribution in [0.2, 0.25) is 0 Å². The van der Waals surface area contributed by atoms with Gasteiger partial charge in [-0.1, -0.05) is 53.9 Å². The van der Waals surface area contributed by atoms with Gasteiger partial charge in [0.05, 0.1) is 6.10 Å². The minimum absolute atomic E-state index is 0.0609. The van der Waals surface area contributed by atoms with E-state index in [1.54, 1.807) is 0 Å². The second-order valence-electron chi connectivity index (χ2n) is 13.3. The zero-order valence-corrected chi connectivity index (χ0v) is 21.7. The van der Waals surface area contributed by atoms with E-state index in [9.17, 15) is 9.90 Å². The first-order chi connectivity index (χ1) is 15.1. The molecule has 0 aliphatic heterocycles. The predicted molar refractivity (Wildman–Crippen MR) is 130 cm³/mol. The van der Waals surface area contributed by atoms with E-state index in [0.29, 0.717) is 34.5 Å². The Morgan fingerprint density at radius 1 is 0.969 bits per heavy atom. The summed E-state index contributed by atoms with van der Waals surface area (Å²) in [5.74, 6) is 4.61. The second kappa shape index (κ2) is 9.23. The smallest absolute Gasteiger partial charge is 0.302 e. The molecule has 4 rings (SSSR count). The molecule has 1 N–H and O–H groups in total. The maximum absolute atomic E-state index is 11.5. The van der Waals surface area contributed by atoms with E-state index in [0.717, 1.165) is 43.4 Å². The second-order valence-corrected chi connectivity index (χ2v) is 13.3. The number of rotatable bonds is 6. The van der Waals surface area contributed by atoms with Gasteiger partial charge in [-0.25, -0.2) is 0 Å². The number of fused-ring (bicyclic) bond motifs is 5. The molecule has 184 valence electrons. The summed E-state index contributed by atoms with van der Waals surface area (Å²) in [6.45, 7) is 13.9. The number of carbonyl (C=O) groups is 1. The number of ether oxygens (including phenoxy) is 1. The normalized spacial score (nSPS) is 46.8. The highest BCUT2D eigenvalue weighted by Crippen LogP contribution is 2.68. The number of esters is 1. The van der Waals surface area contributed by atoms with Crippen LogP contribution in [0, 0.1) is 52.3 Å². The van der Waals surface area contributed by atoms with Crippen molar-refractivity contribution in [1.82, 2.24) is 0 Å². The number of hydrogen-bond acceptors (Lipinski definition) is 3. The Morgan fingerprint density at radius 3 is 2.34 bits per heavy atom. The quantitative estimate of drug-likeness (QED) is 0.446. The van der Waals surface area contributed by atoms with Gasteiger partial charge in [-0.05, 0) is 104 Å². The standard InChI is InChI=1S/C29H50O3/c1-18(2)8-7-9-19(3)23-10-11-24-27-25(13-15-29(23,24)6)28(5)14-12-22(32-20(4)30)16-21(28)17-26(27)31/h18-19,21-27,31H,7-17H2,1-6H3/t19-,21-,22+,23-,24+,25+,26+,27+,28+,29-/m1/s1. The molecule has 0 aromatic carbocycles. The zero-order chi connectivity index (χ0) is 23.3. The molecule has 3 nitrogen and oxygen atoms in total. The molecular formula is C29H50O3. The van der Waals surface area contributed by atoms with Crippen LogP contribution in [0.5, 0.6) is 0 Å². The Labute approximate surface area is 197 Å². The third kappa shape index (κ3) is 4.29. The molecule has 4 aliphatic carbocycles. The van der Waals surface area contributed by atoms with Crippen LogP contribution in [0.15, 0.2) is 0 Å². The summed E-state index contributed by atoms with van der Waals surface area (Å²) in [5, 5.41) is 11.5. The lowest BCUT2D eigenvalue weighted by molar-refractivity contribution is -0.182. The Bertz CT molecular complexity index is 673. The minimum Gasteiger partial charge on any atom is -0.463 e. The molecule has 4 aliphatic rings. The van der Waals surface area contributed by atoms with E-state index in [2.05, 4.69) is 34.6 Å². The van der Waals surface area contributed by atoms with Crippen molar-refractivity contribution in [2.45, 2.75) is 124 Å². The Balaban J connectivity index is 1.48. The molecule has 4 fully saturated rings. The van der Waals surface area contributed by atoms with E-state index >= 15 is 0 Å². The van der Waals surface area contributed by atoms with Crippen LogP contribution in [-0.4, -0.2) is 23.3 Å². The summed E-state index contributed by atoms with van der Waals surface area (Å²) >= 11 is 0. The van der Waals surface area contributed by atoms with E-state index in [1.807, 2.05) is 0 Å². The minimum atomic E-state index is -0.172. The van der Waals surface area contributed by atoms with Gasteiger partial charge in [0.2, 0.25) is 0 Å². The van der Waals surface area contributed by atoms with E-state index in [1.165, 1.54) is 51.9 Å². The topological polar surface area (TPSA) is 46.5 Å². The fraction of sp³-hybridized carbons (Fsp3) is 0.966. The van der Waals surface area contributed by atoms with E-state index < -0.39 is 0 Å². The van der Waals surface area contributed by atoms with E-state index in [-0.39, 0.29) is 18.2 Å². The van der Waals surface area contributed by atoms with Gasteiger partial charge in [0.15, 0.2) is 0 Å². The lowest BCUT2D eigenvalue weighted by Crippen LogP contribution is -2.58. The average Bonchev–Trinajstić information content (AvgIpc) is 3.05. The number of carbonyl (C=O) groups excluding carboxylic acids is 1. The molecule has 0 spiro atoms. The van der Waals surface area contributed by atoms with Crippen molar-refractivity contribution in [2.75, 3.05) is 0 Å². The van der Waals surface area contributed by atoms with Crippen molar-refractivity contribution < 1.29 is 14.6 Å². The molecule has 0 saturated heterocycles. The van der Waals surface area contributed by atoms with Gasteiger partial charge in [0.1, 0.15) is 6.10 Å². The predicted octanol–water partition coefficient (Wildman–Crippen LogP) is 7.01. The molecule has 4 saturated carbocycles. The zero-order valence-electron chi connectivity index (χ0n) is 21.7. The average molecular weight is 447 g/mol. The third-order valence-corrected chi connectivity index (χ3v) is 11.2. The van der Waals surface area contributed by atoms with Gasteiger partial charge in [-0.3, -0.25) is 4.79 Å². The first-order valence-corrected chi connectivity index (χ1v) is 13.9. The highest BCUT2D eigenvalue weighted by Gasteiger charge is 2.63. The van der Waals surface area contributed by atoms with E-state index in [4.69, 9.17) is 4.74 Å². The summed E-state index contributed by atoms with van der Waals surface area (Å²) in [7, 11) is 0. The highest BCUT2D eigenvalue weighted by atomic mass is 16.5. The lowest BCUT2D eigenvalue weighted by atomic mass is 9.43. The van der Waals surface area contributed by atoms with Gasteiger partial charge in [-0.2, -0.15) is 0 Å². The van der Waals surface area contributed by atoms with Crippen molar-refractivity contribution >= 4 is 5.97 Å². The third-order valence-electron chi connectivity index (χ3n) is 11.2. The number of aliphatic hydroxyl groups excluding tert-OH is 1. The fourth-order valence-corrected chi connectivity index (χ4v) is 9.55. The SMILES string of the molecule is CC(=O)O[C@H]1CC[C@@]2(C)[C@H](C1)C[C@H](O)[C@@H]1[C@@H]2CC[C@]2(C)[C@@H]([C@H](C)CCCC(C)C)CC[C@@H]12. The largest absolute Gasteiger partial charge is 0.463 e. The van der Waals surface area contributed by atoms with Crippen LogP contribution in [-0.2, 0) is 9.53 Å². The molecule has 0 radical (unpaired) electrons. The number of aliphatic hydroxyl groups is 1. The maximum Gasteiger partial charge on any atom is 0.302 e. The maximum atomic E-state index is 11.5. The molecule has 0 aromatic heterocycles. The van der Waals surface area contributed by atoms with Gasteiger partial charge in [-0.15, -0.1) is 0 Å². The van der Waals surface area contributed by atoms with Crippen LogP contribution in [0.3, 0.4) is 0 Å². The Hall–Kier alpha value is -0.570. The van der Waals surface area contributed by atoms with Crippen molar-refractivity contribution in [3.05, 3.63) is 0 Å². The van der Waals surface area contributed by atoms with Crippen LogP contribution in [0.1, 0.15) is 112 Å². The van der Waals surface area contributed by atoms with Gasteiger partial charge >= 0.3 is 5.97 Å². The molecule has 3 heteroatoms. The molecule has 32 heavy (non-hydrogen) atoms. The van der Waals surface area contributed by atoms with Crippen LogP contribution in [0.25, 0.3) is 0 Å². The van der Waals surface area contributed by atoms with Crippen LogP contribution >= 0.6 is 0 Å². The molecule has 0 bridgehead atoms. The summed E-state index contributed by atoms with van der Waals surface area (Å²) in [6, 6.07) is 0. The molecule has 0 amide bonds. The van der Waals surface area contributed by atoms with Crippen molar-refractivity contribution in [2.24, 2.45) is 52.3 Å². The summed E-state index contributed by atoms with van der Waals surface area (Å²) in [6.07, 6.45) is 13.3. The Kier molecular flexibility index (Phi) is 7.08. The van der Waals surface area contributed by atoms with Gasteiger partial charge in [0, 0.05) is 6.92 Å². The molecule has 0 heterocycles. The van der Waals surface area contributed by atoms with Gasteiger partial charge < -0.3 is 9.84 Å².